The zero-order chi connectivity index (χ0) is 21.4. The van der Waals surface area contributed by atoms with Crippen molar-refractivity contribution in [1.82, 2.24) is 10.6 Å². The van der Waals surface area contributed by atoms with Crippen molar-refractivity contribution in [2.75, 3.05) is 10.6 Å². The summed E-state index contributed by atoms with van der Waals surface area (Å²) in [5.41, 5.74) is 2.02. The van der Waals surface area contributed by atoms with E-state index in [1.54, 1.807) is 24.3 Å². The van der Waals surface area contributed by atoms with Gasteiger partial charge in [-0.2, -0.15) is 0 Å². The molecule has 2 rings (SSSR count). The number of thiocarbonyl (C=S) groups is 1. The second-order valence-electron chi connectivity index (χ2n) is 6.06. The number of nitrogens with one attached hydrogen (secondary N) is 4. The summed E-state index contributed by atoms with van der Waals surface area (Å²) >= 11 is 23.2. The molecule has 154 valence electrons. The van der Waals surface area contributed by atoms with Crippen molar-refractivity contribution in [1.29, 1.82) is 0 Å². The van der Waals surface area contributed by atoms with Crippen LogP contribution in [0.1, 0.15) is 12.5 Å². The Balaban J connectivity index is 1.99. The zero-order valence-corrected chi connectivity index (χ0v) is 18.4. The highest BCUT2D eigenvalue weighted by Gasteiger charge is 2.34. The van der Waals surface area contributed by atoms with Gasteiger partial charge in [-0.3, -0.25) is 9.59 Å². The van der Waals surface area contributed by atoms with E-state index in [2.05, 4.69) is 21.3 Å². The fraction of sp³-hybridized carbons (Fsp3) is 0.211. The fourth-order valence-electron chi connectivity index (χ4n) is 2.37. The van der Waals surface area contributed by atoms with Gasteiger partial charge in [0.2, 0.25) is 15.6 Å². The van der Waals surface area contributed by atoms with E-state index < -0.39 is 9.96 Å². The third-order valence-corrected chi connectivity index (χ3v) is 4.43. The maximum Gasteiger partial charge on any atom is 0.228 e. The highest BCUT2D eigenvalue weighted by Crippen LogP contribution is 2.29. The smallest absolute Gasteiger partial charge is 0.228 e. The van der Waals surface area contributed by atoms with Gasteiger partial charge >= 0.3 is 0 Å². The van der Waals surface area contributed by atoms with Crippen LogP contribution in [0.4, 0.5) is 11.4 Å². The summed E-state index contributed by atoms with van der Waals surface area (Å²) in [4.78, 5) is 23.5. The largest absolute Gasteiger partial charge is 0.339 e. The Morgan fingerprint density at radius 3 is 2.17 bits per heavy atom. The number of anilines is 2. The molecule has 4 N–H and O–H groups in total. The number of halogens is 3. The first kappa shape index (κ1) is 23.2. The van der Waals surface area contributed by atoms with E-state index in [0.717, 1.165) is 5.56 Å². The van der Waals surface area contributed by atoms with Gasteiger partial charge in [0.1, 0.15) is 6.17 Å². The highest BCUT2D eigenvalue weighted by atomic mass is 35.6. The lowest BCUT2D eigenvalue weighted by Crippen LogP contribution is -2.56. The molecule has 0 aliphatic heterocycles. The topological polar surface area (TPSA) is 82.3 Å². The predicted octanol–water partition coefficient (Wildman–Crippen LogP) is 3.99. The summed E-state index contributed by atoms with van der Waals surface area (Å²) in [6, 6.07) is 16.1. The van der Waals surface area contributed by atoms with Gasteiger partial charge in [0.25, 0.3) is 0 Å². The number of hydrogen-bond donors (Lipinski definition) is 4. The quantitative estimate of drug-likeness (QED) is 0.290. The van der Waals surface area contributed by atoms with Crippen LogP contribution in [0.15, 0.2) is 54.6 Å². The van der Waals surface area contributed by atoms with E-state index in [1.165, 1.54) is 6.92 Å². The molecule has 0 saturated carbocycles. The van der Waals surface area contributed by atoms with Crippen molar-refractivity contribution in [2.24, 2.45) is 0 Å². The molecule has 0 unspecified atom stereocenters. The van der Waals surface area contributed by atoms with Crippen molar-refractivity contribution >= 4 is 75.3 Å². The summed E-state index contributed by atoms with van der Waals surface area (Å²) in [6.07, 6.45) is -0.944. The van der Waals surface area contributed by atoms with Gasteiger partial charge in [0, 0.05) is 18.3 Å². The monoisotopic (exact) mass is 472 g/mol. The van der Waals surface area contributed by atoms with Crippen LogP contribution >= 0.6 is 47.0 Å². The summed E-state index contributed by atoms with van der Waals surface area (Å²) in [5, 5.41) is 11.1. The first-order valence-electron chi connectivity index (χ1n) is 8.48. The van der Waals surface area contributed by atoms with Gasteiger partial charge in [-0.1, -0.05) is 71.2 Å². The molecule has 0 heterocycles. The minimum absolute atomic E-state index is 0.124. The molecule has 2 aromatic rings. The predicted molar refractivity (Wildman–Crippen MR) is 122 cm³/mol. The van der Waals surface area contributed by atoms with Gasteiger partial charge < -0.3 is 21.3 Å². The van der Waals surface area contributed by atoms with Gasteiger partial charge in [-0.25, -0.2) is 0 Å². The van der Waals surface area contributed by atoms with E-state index >= 15 is 0 Å². The van der Waals surface area contributed by atoms with E-state index in [-0.39, 0.29) is 23.3 Å². The van der Waals surface area contributed by atoms with Crippen LogP contribution in [-0.2, 0) is 16.0 Å². The van der Waals surface area contributed by atoms with E-state index in [4.69, 9.17) is 47.0 Å². The standard InChI is InChI=1S/C19H19Cl3N4O2S/c1-12(27)23-14-8-5-9-15(11-14)24-18(29)26-17(19(20,21)22)25-16(28)10-13-6-3-2-4-7-13/h2-9,11,17H,10H2,1H3,(H,23,27)(H,25,28)(H2,24,26,29)/t17-/m1/s1. The normalized spacial score (nSPS) is 11.9. The van der Waals surface area contributed by atoms with Gasteiger partial charge in [-0.15, -0.1) is 0 Å². The fourth-order valence-corrected chi connectivity index (χ4v) is 2.93. The summed E-state index contributed by atoms with van der Waals surface area (Å²) < 4.78 is -1.85. The number of alkyl halides is 3. The molecule has 0 fully saturated rings. The lowest BCUT2D eigenvalue weighted by atomic mass is 10.1. The van der Waals surface area contributed by atoms with Crippen molar-refractivity contribution in [3.63, 3.8) is 0 Å². The van der Waals surface area contributed by atoms with E-state index in [9.17, 15) is 9.59 Å². The SMILES string of the molecule is CC(=O)Nc1cccc(NC(=S)N[C@@H](NC(=O)Cc2ccccc2)C(Cl)(Cl)Cl)c1. The number of amides is 2. The first-order chi connectivity index (χ1) is 13.6. The Labute approximate surface area is 189 Å². The molecule has 0 spiro atoms. The number of rotatable bonds is 6. The number of benzene rings is 2. The molecular weight excluding hydrogens is 455 g/mol. The van der Waals surface area contributed by atoms with Crippen LogP contribution in [0.3, 0.4) is 0 Å². The molecule has 6 nitrogen and oxygen atoms in total. The number of hydrogen-bond acceptors (Lipinski definition) is 3. The van der Waals surface area contributed by atoms with Crippen LogP contribution in [0, 0.1) is 0 Å². The second-order valence-corrected chi connectivity index (χ2v) is 8.84. The highest BCUT2D eigenvalue weighted by molar-refractivity contribution is 7.80. The van der Waals surface area contributed by atoms with Gasteiger partial charge in [0.05, 0.1) is 6.42 Å². The zero-order valence-electron chi connectivity index (χ0n) is 15.3. The Bertz CT molecular complexity index is 875. The van der Waals surface area contributed by atoms with Crippen LogP contribution < -0.4 is 21.3 Å². The van der Waals surface area contributed by atoms with Gasteiger partial charge in [0.15, 0.2) is 5.11 Å². The summed E-state index contributed by atoms with van der Waals surface area (Å²) in [7, 11) is 0. The molecule has 0 aliphatic carbocycles. The number of carbonyl (C=O) groups is 2. The van der Waals surface area contributed by atoms with Crippen LogP contribution in [-0.4, -0.2) is 26.9 Å². The molecule has 10 heteroatoms. The molecule has 0 aliphatic rings. The molecule has 2 amide bonds. The maximum absolute atomic E-state index is 12.3. The summed E-state index contributed by atoms with van der Waals surface area (Å²) in [6.45, 7) is 1.41. The lowest BCUT2D eigenvalue weighted by Gasteiger charge is -2.28. The molecule has 1 atom stereocenters. The number of carbonyl (C=O) groups excluding carboxylic acids is 2. The third-order valence-electron chi connectivity index (χ3n) is 3.56. The molecular formula is C19H19Cl3N4O2S. The average molecular weight is 474 g/mol. The van der Waals surface area contributed by atoms with Crippen molar-refractivity contribution < 1.29 is 9.59 Å². The molecule has 0 radical (unpaired) electrons. The summed E-state index contributed by atoms with van der Waals surface area (Å²) in [5.74, 6) is -0.532. The minimum Gasteiger partial charge on any atom is -0.339 e. The molecule has 0 saturated heterocycles. The molecule has 29 heavy (non-hydrogen) atoms. The van der Waals surface area contributed by atoms with Crippen LogP contribution in [0.25, 0.3) is 0 Å². The molecule has 2 aromatic carbocycles. The first-order valence-corrected chi connectivity index (χ1v) is 10.0. The molecule has 0 bridgehead atoms. The Morgan fingerprint density at radius 1 is 0.966 bits per heavy atom. The van der Waals surface area contributed by atoms with Crippen molar-refractivity contribution in [3.05, 3.63) is 60.2 Å². The Morgan fingerprint density at radius 2 is 1.59 bits per heavy atom. The van der Waals surface area contributed by atoms with E-state index in [0.29, 0.717) is 11.4 Å². The molecule has 0 aromatic heterocycles. The van der Waals surface area contributed by atoms with Crippen molar-refractivity contribution in [2.45, 2.75) is 23.3 Å². The maximum atomic E-state index is 12.3. The Kier molecular flexibility index (Phi) is 8.52. The van der Waals surface area contributed by atoms with Gasteiger partial charge in [-0.05, 0) is 36.0 Å². The van der Waals surface area contributed by atoms with Crippen LogP contribution in [0.5, 0.6) is 0 Å². The lowest BCUT2D eigenvalue weighted by molar-refractivity contribution is -0.121. The minimum atomic E-state index is -1.85. The van der Waals surface area contributed by atoms with Crippen molar-refractivity contribution in [3.8, 4) is 0 Å². The third kappa shape index (κ3) is 8.45. The van der Waals surface area contributed by atoms with E-state index in [1.807, 2.05) is 30.3 Å². The second kappa shape index (κ2) is 10.6. The Hall–Kier alpha value is -2.06. The average Bonchev–Trinajstić information content (AvgIpc) is 2.61. The van der Waals surface area contributed by atoms with Crippen LogP contribution in [0.2, 0.25) is 0 Å².